The quantitative estimate of drug-likeness (QED) is 0.0372. The van der Waals surface area contributed by atoms with Crippen LogP contribution in [0, 0.1) is 0 Å². The molecule has 1 atom stereocenters. The molecule has 0 saturated carbocycles. The lowest BCUT2D eigenvalue weighted by atomic mass is 10.1. The van der Waals surface area contributed by atoms with E-state index in [9.17, 15) is 14.4 Å². The number of ether oxygens (including phenoxy) is 1. The van der Waals surface area contributed by atoms with E-state index in [-0.39, 0.29) is 42.8 Å². The molecule has 0 spiro atoms. The maximum Gasteiger partial charge on any atom is 0.409 e. The minimum absolute atomic E-state index is 0.0265. The number of imidazole rings is 1. The molecule has 3 aromatic rings. The number of aromatic amines is 1. The SMILES string of the molecule is C=N/N=C\N(N)c1ccc(Cl)cc1CCC(=O)N[C@@H](CC(=O)OCCCC)c1nc(-c2ccc(NC(=O)O)cc2)c(Cl)[nH]1. The van der Waals surface area contributed by atoms with Crippen molar-refractivity contribution in [2.75, 3.05) is 16.9 Å². The Hall–Kier alpha value is -4.46. The van der Waals surface area contributed by atoms with E-state index in [0.717, 1.165) is 6.42 Å². The molecule has 0 fully saturated rings. The van der Waals surface area contributed by atoms with Gasteiger partial charge in [-0.1, -0.05) is 48.7 Å². The van der Waals surface area contributed by atoms with E-state index in [2.05, 4.69) is 37.5 Å². The molecule has 2 aromatic carbocycles. The Kier molecular flexibility index (Phi) is 12.5. The molecular formula is C28H32Cl2N8O5. The first kappa shape index (κ1) is 33.0. The third-order valence-electron chi connectivity index (χ3n) is 6.08. The number of unbranched alkanes of at least 4 members (excludes halogenated alkanes) is 1. The Morgan fingerprint density at radius 2 is 1.98 bits per heavy atom. The van der Waals surface area contributed by atoms with Gasteiger partial charge >= 0.3 is 12.1 Å². The number of carboxylic acid groups (broad SMARTS) is 1. The number of esters is 1. The second-order valence-electron chi connectivity index (χ2n) is 9.24. The zero-order valence-corrected chi connectivity index (χ0v) is 24.9. The Morgan fingerprint density at radius 1 is 1.23 bits per heavy atom. The lowest BCUT2D eigenvalue weighted by Gasteiger charge is -2.18. The number of anilines is 2. The highest BCUT2D eigenvalue weighted by Gasteiger charge is 2.25. The van der Waals surface area contributed by atoms with Gasteiger partial charge in [-0.3, -0.25) is 19.9 Å². The minimum atomic E-state index is -1.19. The number of amides is 2. The summed E-state index contributed by atoms with van der Waals surface area (Å²) < 4.78 is 5.32. The van der Waals surface area contributed by atoms with Gasteiger partial charge in [-0.2, -0.15) is 5.10 Å². The first-order valence-corrected chi connectivity index (χ1v) is 14.0. The molecule has 228 valence electrons. The second-order valence-corrected chi connectivity index (χ2v) is 10.1. The van der Waals surface area contributed by atoms with E-state index in [1.807, 2.05) is 6.92 Å². The van der Waals surface area contributed by atoms with E-state index < -0.39 is 18.1 Å². The standard InChI is InChI=1S/C28H32Cl2N8O5/c1-3-4-13-43-24(40)15-21(27-36-25(26(30)37-27)17-5-9-20(10-6-17)34-28(41)42)35-23(39)12-7-18-14-19(29)8-11-22(18)38(31)16-33-32-2/h5-6,8-11,14,16,21,34H,2-4,7,12-13,15,31H2,1H3,(H,35,39)(H,36,37)(H,41,42)/b33-16-/t21-/m0/s1. The van der Waals surface area contributed by atoms with Gasteiger partial charge in [-0.25, -0.2) is 15.6 Å². The molecule has 0 saturated heterocycles. The van der Waals surface area contributed by atoms with Crippen LogP contribution in [-0.4, -0.2) is 52.7 Å². The van der Waals surface area contributed by atoms with Crippen LogP contribution < -0.4 is 21.5 Å². The predicted octanol–water partition coefficient (Wildman–Crippen LogP) is 5.32. The average Bonchev–Trinajstić information content (AvgIpc) is 3.36. The van der Waals surface area contributed by atoms with Crippen molar-refractivity contribution in [3.8, 4) is 11.3 Å². The van der Waals surface area contributed by atoms with E-state index in [1.165, 1.54) is 11.3 Å². The van der Waals surface area contributed by atoms with Gasteiger partial charge in [0.15, 0.2) is 0 Å². The average molecular weight is 632 g/mol. The maximum atomic E-state index is 13.1. The second kappa shape index (κ2) is 16.2. The molecule has 2 amide bonds. The van der Waals surface area contributed by atoms with Gasteiger partial charge in [0.05, 0.1) is 24.8 Å². The molecule has 43 heavy (non-hydrogen) atoms. The van der Waals surface area contributed by atoms with Crippen LogP contribution in [0.4, 0.5) is 16.2 Å². The fraction of sp³-hybridized carbons (Fsp3) is 0.286. The van der Waals surface area contributed by atoms with Crippen LogP contribution in [0.5, 0.6) is 0 Å². The monoisotopic (exact) mass is 630 g/mol. The zero-order valence-electron chi connectivity index (χ0n) is 23.3. The Morgan fingerprint density at radius 3 is 2.65 bits per heavy atom. The van der Waals surface area contributed by atoms with Gasteiger partial charge in [0, 0.05) is 29.4 Å². The first-order valence-electron chi connectivity index (χ1n) is 13.2. The van der Waals surface area contributed by atoms with Crippen molar-refractivity contribution < 1.29 is 24.2 Å². The number of nitrogens with zero attached hydrogens (tertiary/aromatic N) is 4. The highest BCUT2D eigenvalue weighted by Crippen LogP contribution is 2.30. The molecule has 1 aromatic heterocycles. The summed E-state index contributed by atoms with van der Waals surface area (Å²) in [4.78, 5) is 44.2. The van der Waals surface area contributed by atoms with Gasteiger partial charge in [0.2, 0.25) is 5.91 Å². The fourth-order valence-electron chi connectivity index (χ4n) is 4.01. The van der Waals surface area contributed by atoms with Gasteiger partial charge in [0.1, 0.15) is 23.0 Å². The molecule has 0 unspecified atom stereocenters. The summed E-state index contributed by atoms with van der Waals surface area (Å²) in [5, 5.41) is 23.0. The van der Waals surface area contributed by atoms with E-state index in [1.54, 1.807) is 42.5 Å². The highest BCUT2D eigenvalue weighted by molar-refractivity contribution is 6.32. The van der Waals surface area contributed by atoms with Crippen LogP contribution in [0.25, 0.3) is 11.3 Å². The molecule has 15 heteroatoms. The summed E-state index contributed by atoms with van der Waals surface area (Å²) in [6, 6.07) is 10.6. The number of nitrogens with two attached hydrogens (primary N) is 1. The summed E-state index contributed by atoms with van der Waals surface area (Å²) in [6.45, 7) is 5.51. The van der Waals surface area contributed by atoms with E-state index in [0.29, 0.717) is 39.6 Å². The van der Waals surface area contributed by atoms with Crippen LogP contribution in [0.1, 0.15) is 50.0 Å². The topological polar surface area (TPSA) is 187 Å². The summed E-state index contributed by atoms with van der Waals surface area (Å²) >= 11 is 12.6. The normalized spacial score (nSPS) is 11.6. The number of benzene rings is 2. The van der Waals surface area contributed by atoms with Crippen molar-refractivity contribution in [3.05, 3.63) is 64.0 Å². The molecule has 0 aliphatic carbocycles. The van der Waals surface area contributed by atoms with Crippen molar-refractivity contribution in [1.29, 1.82) is 0 Å². The van der Waals surface area contributed by atoms with Crippen LogP contribution in [0.3, 0.4) is 0 Å². The largest absolute Gasteiger partial charge is 0.466 e. The Labute approximate surface area is 258 Å². The number of nitrogens with one attached hydrogen (secondary N) is 3. The van der Waals surface area contributed by atoms with Crippen molar-refractivity contribution in [3.63, 3.8) is 0 Å². The number of hydrogen-bond donors (Lipinski definition) is 5. The van der Waals surface area contributed by atoms with Gasteiger partial charge < -0.3 is 20.1 Å². The number of carbonyl (C=O) groups excluding carboxylic acids is 2. The molecule has 0 aliphatic rings. The summed E-state index contributed by atoms with van der Waals surface area (Å²) in [7, 11) is 0. The molecule has 0 radical (unpaired) electrons. The van der Waals surface area contributed by atoms with Crippen molar-refractivity contribution in [2.45, 2.75) is 45.1 Å². The smallest absolute Gasteiger partial charge is 0.409 e. The first-order chi connectivity index (χ1) is 20.6. The minimum Gasteiger partial charge on any atom is -0.466 e. The van der Waals surface area contributed by atoms with Crippen molar-refractivity contribution >= 4 is 65.6 Å². The summed E-state index contributed by atoms with van der Waals surface area (Å²) in [5.74, 6) is 5.40. The van der Waals surface area contributed by atoms with Crippen LogP contribution in [-0.2, 0) is 20.7 Å². The summed E-state index contributed by atoms with van der Waals surface area (Å²) in [5.41, 5.74) is 2.56. The number of rotatable bonds is 15. The predicted molar refractivity (Wildman–Crippen MR) is 167 cm³/mol. The van der Waals surface area contributed by atoms with Crippen molar-refractivity contribution in [1.82, 2.24) is 15.3 Å². The number of hydrogen-bond acceptors (Lipinski definition) is 8. The molecule has 13 nitrogen and oxygen atoms in total. The van der Waals surface area contributed by atoms with Crippen molar-refractivity contribution in [2.24, 2.45) is 16.0 Å². The van der Waals surface area contributed by atoms with E-state index in [4.69, 9.17) is 38.9 Å². The molecule has 3 rings (SSSR count). The molecule has 0 aliphatic heterocycles. The zero-order chi connectivity index (χ0) is 31.4. The number of halogens is 2. The summed E-state index contributed by atoms with van der Waals surface area (Å²) in [6.07, 6.45) is 1.74. The lowest BCUT2D eigenvalue weighted by molar-refractivity contribution is -0.144. The highest BCUT2D eigenvalue weighted by atomic mass is 35.5. The van der Waals surface area contributed by atoms with E-state index >= 15 is 0 Å². The van der Waals surface area contributed by atoms with Gasteiger partial charge in [0.25, 0.3) is 0 Å². The maximum absolute atomic E-state index is 13.1. The number of carbonyl (C=O) groups is 3. The molecular weight excluding hydrogens is 599 g/mol. The Balaban J connectivity index is 1.80. The fourth-order valence-corrected chi connectivity index (χ4v) is 4.45. The lowest BCUT2D eigenvalue weighted by Crippen LogP contribution is -2.32. The number of H-pyrrole nitrogens is 1. The van der Waals surface area contributed by atoms with Crippen LogP contribution in [0.2, 0.25) is 10.2 Å². The third-order valence-corrected chi connectivity index (χ3v) is 6.59. The number of hydrazine groups is 1. The van der Waals surface area contributed by atoms with Gasteiger partial charge in [-0.05, 0) is 48.7 Å². The molecule has 6 N–H and O–H groups in total. The molecule has 0 bridgehead atoms. The Bertz CT molecular complexity index is 1460. The van der Waals surface area contributed by atoms with Gasteiger partial charge in [-0.15, -0.1) is 5.10 Å². The van der Waals surface area contributed by atoms with Crippen LogP contribution in [0.15, 0.2) is 52.7 Å². The number of aromatic nitrogens is 2. The number of aryl methyl sites for hydroxylation is 1. The molecule has 1 heterocycles. The van der Waals surface area contributed by atoms with Crippen LogP contribution >= 0.6 is 23.2 Å². The third kappa shape index (κ3) is 10.1.